The summed E-state index contributed by atoms with van der Waals surface area (Å²) in [5, 5.41) is 21.1. The molecule has 7 nitrogen and oxygen atoms in total. The molecule has 2 aromatic carbocycles. The van der Waals surface area contributed by atoms with Gasteiger partial charge in [-0.25, -0.2) is 14.0 Å². The quantitative estimate of drug-likeness (QED) is 0.384. The minimum absolute atomic E-state index is 0.339. The van der Waals surface area contributed by atoms with Crippen LogP contribution in [0.4, 0.5) is 4.39 Å². The molecule has 1 aromatic heterocycles. The molecule has 4 N–H and O–H groups in total. The van der Waals surface area contributed by atoms with Crippen molar-refractivity contribution in [2.45, 2.75) is 12.5 Å². The Labute approximate surface area is 175 Å². The van der Waals surface area contributed by atoms with Crippen molar-refractivity contribution in [2.75, 3.05) is 0 Å². The third-order valence-electron chi connectivity index (χ3n) is 3.89. The number of nitrogens with two attached hydrogens (primary N) is 1. The van der Waals surface area contributed by atoms with Crippen molar-refractivity contribution >= 4 is 34.5 Å². The zero-order valence-corrected chi connectivity index (χ0v) is 16.3. The van der Waals surface area contributed by atoms with Gasteiger partial charge >= 0.3 is 11.9 Å². The van der Waals surface area contributed by atoms with Gasteiger partial charge in [0.2, 0.25) is 0 Å². The number of fused-ring (bicyclic) bond motifs is 1. The van der Waals surface area contributed by atoms with Gasteiger partial charge < -0.3 is 20.5 Å². The van der Waals surface area contributed by atoms with E-state index in [4.69, 9.17) is 32.1 Å². The van der Waals surface area contributed by atoms with Crippen molar-refractivity contribution in [2.24, 2.45) is 5.73 Å². The fourth-order valence-corrected chi connectivity index (χ4v) is 2.77. The van der Waals surface area contributed by atoms with Crippen LogP contribution in [0.3, 0.4) is 0 Å². The van der Waals surface area contributed by atoms with Crippen molar-refractivity contribution < 1.29 is 28.7 Å². The predicted molar refractivity (Wildman–Crippen MR) is 111 cm³/mol. The Morgan fingerprint density at radius 2 is 1.87 bits per heavy atom. The Morgan fingerprint density at radius 1 is 1.20 bits per heavy atom. The highest BCUT2D eigenvalue weighted by molar-refractivity contribution is 6.31. The van der Waals surface area contributed by atoms with Gasteiger partial charge in [0.25, 0.3) is 0 Å². The lowest BCUT2D eigenvalue weighted by Crippen LogP contribution is -2.11. The normalized spacial score (nSPS) is 11.7. The van der Waals surface area contributed by atoms with E-state index in [1.165, 1.54) is 12.1 Å². The van der Waals surface area contributed by atoms with Crippen molar-refractivity contribution in [3.05, 3.63) is 77.6 Å². The SMILES string of the molecule is C=CCC(N)c1cc(F)ccc1-c1noc2cc(Cl)ccc12.O=C(O)/C=C\C(=O)O. The summed E-state index contributed by atoms with van der Waals surface area (Å²) in [7, 11) is 0. The molecule has 30 heavy (non-hydrogen) atoms. The first-order valence-corrected chi connectivity index (χ1v) is 8.96. The van der Waals surface area contributed by atoms with Crippen LogP contribution in [-0.2, 0) is 9.59 Å². The van der Waals surface area contributed by atoms with Gasteiger partial charge in [0.1, 0.15) is 11.5 Å². The summed E-state index contributed by atoms with van der Waals surface area (Å²) < 4.78 is 18.9. The van der Waals surface area contributed by atoms with E-state index in [1.807, 2.05) is 6.07 Å². The number of carbonyl (C=O) groups is 2. The zero-order valence-electron chi connectivity index (χ0n) is 15.6. The minimum atomic E-state index is -1.26. The van der Waals surface area contributed by atoms with Crippen LogP contribution in [0.25, 0.3) is 22.2 Å². The van der Waals surface area contributed by atoms with Crippen LogP contribution in [0, 0.1) is 5.82 Å². The molecule has 0 fully saturated rings. The van der Waals surface area contributed by atoms with Crippen molar-refractivity contribution in [1.29, 1.82) is 0 Å². The molecule has 0 spiro atoms. The van der Waals surface area contributed by atoms with Crippen LogP contribution in [0.5, 0.6) is 0 Å². The molecule has 0 bridgehead atoms. The molecule has 0 saturated heterocycles. The lowest BCUT2D eigenvalue weighted by Gasteiger charge is -2.14. The van der Waals surface area contributed by atoms with E-state index in [0.717, 1.165) is 10.9 Å². The van der Waals surface area contributed by atoms with Crippen LogP contribution < -0.4 is 5.73 Å². The fourth-order valence-electron chi connectivity index (χ4n) is 2.61. The maximum atomic E-state index is 13.6. The highest BCUT2D eigenvalue weighted by Gasteiger charge is 2.18. The van der Waals surface area contributed by atoms with Crippen LogP contribution in [-0.4, -0.2) is 27.3 Å². The molecule has 3 aromatic rings. The number of nitrogens with zero attached hydrogens (tertiary/aromatic N) is 1. The van der Waals surface area contributed by atoms with E-state index in [1.54, 1.807) is 24.3 Å². The summed E-state index contributed by atoms with van der Waals surface area (Å²) in [6.45, 7) is 3.68. The first-order chi connectivity index (χ1) is 14.2. The van der Waals surface area contributed by atoms with E-state index in [2.05, 4.69) is 11.7 Å². The topological polar surface area (TPSA) is 127 Å². The van der Waals surface area contributed by atoms with Gasteiger partial charge in [0, 0.05) is 40.2 Å². The molecule has 3 rings (SSSR count). The number of hydrogen-bond donors (Lipinski definition) is 3. The number of aromatic nitrogens is 1. The molecule has 9 heteroatoms. The van der Waals surface area contributed by atoms with E-state index in [0.29, 0.717) is 40.4 Å². The standard InChI is InChI=1S/C17H14ClFN2O.C4H4O4/c1-2-3-15(20)14-9-11(19)5-7-12(14)17-13-6-4-10(18)8-16(13)22-21-17;5-3(6)1-2-4(7)8/h2,4-9,15H,1,3,20H2;1-2H,(H,5,6)(H,7,8)/b;2-1-. The number of carboxylic acids is 2. The molecular formula is C21H18ClFN2O5. The second kappa shape index (κ2) is 10.3. The Balaban J connectivity index is 0.000000343. The Hall–Kier alpha value is -3.49. The van der Waals surface area contributed by atoms with Crippen molar-refractivity contribution in [3.63, 3.8) is 0 Å². The first-order valence-electron chi connectivity index (χ1n) is 8.58. The Kier molecular flexibility index (Phi) is 7.85. The largest absolute Gasteiger partial charge is 0.478 e. The van der Waals surface area contributed by atoms with Gasteiger partial charge in [-0.1, -0.05) is 22.8 Å². The van der Waals surface area contributed by atoms with E-state index >= 15 is 0 Å². The molecule has 0 aliphatic rings. The highest BCUT2D eigenvalue weighted by atomic mass is 35.5. The molecule has 156 valence electrons. The lowest BCUT2D eigenvalue weighted by atomic mass is 9.95. The van der Waals surface area contributed by atoms with Gasteiger partial charge in [-0.15, -0.1) is 6.58 Å². The third kappa shape index (κ3) is 6.00. The third-order valence-corrected chi connectivity index (χ3v) is 4.13. The summed E-state index contributed by atoms with van der Waals surface area (Å²) in [5.41, 5.74) is 8.76. The van der Waals surface area contributed by atoms with Crippen LogP contribution in [0.15, 0.2) is 65.7 Å². The first kappa shape index (κ1) is 22.8. The van der Waals surface area contributed by atoms with Gasteiger partial charge in [0.15, 0.2) is 5.58 Å². The van der Waals surface area contributed by atoms with Crippen LogP contribution in [0.2, 0.25) is 5.02 Å². The molecular weight excluding hydrogens is 415 g/mol. The predicted octanol–water partition coefficient (Wildman–Crippen LogP) is 4.58. The maximum absolute atomic E-state index is 13.6. The number of halogens is 2. The summed E-state index contributed by atoms with van der Waals surface area (Å²) in [6.07, 6.45) is 3.36. The molecule has 1 atom stereocenters. The van der Waals surface area contributed by atoms with E-state index in [-0.39, 0.29) is 11.9 Å². The van der Waals surface area contributed by atoms with Crippen molar-refractivity contribution in [1.82, 2.24) is 5.16 Å². The molecule has 0 aliphatic heterocycles. The van der Waals surface area contributed by atoms with Gasteiger partial charge in [-0.3, -0.25) is 0 Å². The average molecular weight is 433 g/mol. The van der Waals surface area contributed by atoms with Gasteiger partial charge in [-0.05, 0) is 42.3 Å². The molecule has 0 amide bonds. The van der Waals surface area contributed by atoms with E-state index in [9.17, 15) is 14.0 Å². The summed E-state index contributed by atoms with van der Waals surface area (Å²) in [6, 6.07) is 9.41. The lowest BCUT2D eigenvalue weighted by molar-refractivity contribution is -0.134. The summed E-state index contributed by atoms with van der Waals surface area (Å²) >= 11 is 5.95. The molecule has 0 aliphatic carbocycles. The monoisotopic (exact) mass is 432 g/mol. The second-order valence-electron chi connectivity index (χ2n) is 6.04. The molecule has 0 saturated carbocycles. The number of hydrogen-bond acceptors (Lipinski definition) is 5. The maximum Gasteiger partial charge on any atom is 0.328 e. The van der Waals surface area contributed by atoms with Gasteiger partial charge in [-0.2, -0.15) is 0 Å². The fraction of sp³-hybridized carbons (Fsp3) is 0.0952. The van der Waals surface area contributed by atoms with E-state index < -0.39 is 11.9 Å². The van der Waals surface area contributed by atoms with Crippen molar-refractivity contribution in [3.8, 4) is 11.3 Å². The number of aliphatic carboxylic acids is 2. The van der Waals surface area contributed by atoms with Gasteiger partial charge in [0.05, 0.1) is 0 Å². The second-order valence-corrected chi connectivity index (χ2v) is 6.48. The van der Waals surface area contributed by atoms with Crippen LogP contribution in [0.1, 0.15) is 18.0 Å². The summed E-state index contributed by atoms with van der Waals surface area (Å²) in [5.74, 6) is -2.85. The minimum Gasteiger partial charge on any atom is -0.478 e. The Bertz CT molecular complexity index is 1090. The molecule has 1 heterocycles. The summed E-state index contributed by atoms with van der Waals surface area (Å²) in [4.78, 5) is 19.1. The average Bonchev–Trinajstić information content (AvgIpc) is 3.10. The van der Waals surface area contributed by atoms with Crippen LogP contribution >= 0.6 is 11.6 Å². The smallest absolute Gasteiger partial charge is 0.328 e. The highest BCUT2D eigenvalue weighted by Crippen LogP contribution is 2.34. The molecule has 1 unspecified atom stereocenters. The number of carboxylic acid groups (broad SMARTS) is 2. The number of rotatable bonds is 6. The Morgan fingerprint density at radius 3 is 2.47 bits per heavy atom. The molecule has 0 radical (unpaired) electrons. The number of benzene rings is 2. The zero-order chi connectivity index (χ0) is 22.3.